The van der Waals surface area contributed by atoms with Crippen LogP contribution < -0.4 is 5.32 Å². The number of nitrogens with zero attached hydrogens (tertiary/aromatic N) is 2. The molecule has 2 aromatic heterocycles. The van der Waals surface area contributed by atoms with Crippen molar-refractivity contribution in [2.24, 2.45) is 0 Å². The average molecular weight is 233 g/mol. The predicted molar refractivity (Wildman–Crippen MR) is 64.6 cm³/mol. The zero-order valence-electron chi connectivity index (χ0n) is 9.91. The monoisotopic (exact) mass is 233 g/mol. The molecule has 3 rings (SSSR count). The van der Waals surface area contributed by atoms with Crippen LogP contribution in [-0.4, -0.2) is 22.0 Å². The van der Waals surface area contributed by atoms with E-state index in [0.29, 0.717) is 11.7 Å². The van der Waals surface area contributed by atoms with Crippen LogP contribution in [0.5, 0.6) is 0 Å². The van der Waals surface area contributed by atoms with Crippen molar-refractivity contribution in [1.29, 1.82) is 0 Å². The molecule has 4 heteroatoms. The Bertz CT molecular complexity index is 541. The highest BCUT2D eigenvalue weighted by Crippen LogP contribution is 2.18. The third-order valence-corrected chi connectivity index (χ3v) is 3.54. The number of aromatic nitrogens is 2. The van der Waals surface area contributed by atoms with E-state index in [1.165, 1.54) is 18.9 Å². The number of hydrogen-bond donors (Lipinski definition) is 1. The summed E-state index contributed by atoms with van der Waals surface area (Å²) in [7, 11) is 0. The Morgan fingerprint density at radius 2 is 2.47 bits per heavy atom. The summed E-state index contributed by atoms with van der Waals surface area (Å²) in [4.78, 5) is 4.42. The van der Waals surface area contributed by atoms with Gasteiger partial charge in [0.1, 0.15) is 0 Å². The minimum absolute atomic E-state index is 0.249. The number of hydrogen-bond acceptors (Lipinski definition) is 2. The summed E-state index contributed by atoms with van der Waals surface area (Å²) in [6, 6.07) is 3.68. The van der Waals surface area contributed by atoms with Crippen LogP contribution in [0.25, 0.3) is 5.65 Å². The second-order valence-corrected chi connectivity index (χ2v) is 4.69. The molecule has 1 aliphatic heterocycles. The number of fused-ring (bicyclic) bond motifs is 1. The molecule has 0 bridgehead atoms. The Morgan fingerprint density at radius 1 is 1.59 bits per heavy atom. The lowest BCUT2D eigenvalue weighted by molar-refractivity contribution is 0.594. The minimum atomic E-state index is -0.249. The third-order valence-electron chi connectivity index (χ3n) is 3.54. The summed E-state index contributed by atoms with van der Waals surface area (Å²) in [6.45, 7) is 3.09. The summed E-state index contributed by atoms with van der Waals surface area (Å²) in [6.07, 6.45) is 5.18. The van der Waals surface area contributed by atoms with Gasteiger partial charge in [0, 0.05) is 24.4 Å². The van der Waals surface area contributed by atoms with E-state index >= 15 is 0 Å². The third kappa shape index (κ3) is 1.82. The zero-order chi connectivity index (χ0) is 11.8. The van der Waals surface area contributed by atoms with Crippen molar-refractivity contribution >= 4 is 5.65 Å². The molecule has 17 heavy (non-hydrogen) atoms. The fourth-order valence-corrected chi connectivity index (χ4v) is 2.56. The maximum atomic E-state index is 13.6. The summed E-state index contributed by atoms with van der Waals surface area (Å²) in [5.74, 6) is -0.249. The first kappa shape index (κ1) is 10.7. The molecule has 0 aliphatic carbocycles. The van der Waals surface area contributed by atoms with Crippen LogP contribution in [-0.2, 0) is 6.42 Å². The molecular weight excluding hydrogens is 217 g/mol. The maximum absolute atomic E-state index is 13.6. The fraction of sp³-hybridized carbons (Fsp3) is 0.462. The molecule has 0 saturated carbocycles. The first-order chi connectivity index (χ1) is 8.25. The van der Waals surface area contributed by atoms with Crippen molar-refractivity contribution in [3.05, 3.63) is 35.5 Å². The highest BCUT2D eigenvalue weighted by Gasteiger charge is 2.18. The molecule has 1 aliphatic rings. The first-order valence-corrected chi connectivity index (χ1v) is 6.11. The van der Waals surface area contributed by atoms with Crippen LogP contribution in [0.4, 0.5) is 4.39 Å². The van der Waals surface area contributed by atoms with Crippen molar-refractivity contribution < 1.29 is 4.39 Å². The fourth-order valence-electron chi connectivity index (χ4n) is 2.56. The molecule has 0 spiro atoms. The van der Waals surface area contributed by atoms with Crippen molar-refractivity contribution in [1.82, 2.24) is 14.7 Å². The van der Waals surface area contributed by atoms with Gasteiger partial charge in [-0.25, -0.2) is 9.37 Å². The van der Waals surface area contributed by atoms with Gasteiger partial charge in [-0.2, -0.15) is 0 Å². The second-order valence-electron chi connectivity index (χ2n) is 4.69. The van der Waals surface area contributed by atoms with E-state index in [9.17, 15) is 4.39 Å². The van der Waals surface area contributed by atoms with Crippen LogP contribution in [0, 0.1) is 12.7 Å². The zero-order valence-corrected chi connectivity index (χ0v) is 9.91. The molecule has 0 aromatic carbocycles. The van der Waals surface area contributed by atoms with Gasteiger partial charge in [0.05, 0.1) is 5.69 Å². The number of nitrogens with one attached hydrogen (secondary N) is 1. The molecule has 2 aromatic rings. The van der Waals surface area contributed by atoms with Crippen LogP contribution in [0.3, 0.4) is 0 Å². The van der Waals surface area contributed by atoms with E-state index < -0.39 is 0 Å². The van der Waals surface area contributed by atoms with Gasteiger partial charge in [0.15, 0.2) is 11.5 Å². The lowest BCUT2D eigenvalue weighted by Gasteiger charge is -2.07. The van der Waals surface area contributed by atoms with Gasteiger partial charge in [-0.05, 0) is 38.4 Å². The highest BCUT2D eigenvalue weighted by atomic mass is 19.1. The van der Waals surface area contributed by atoms with Gasteiger partial charge in [-0.1, -0.05) is 0 Å². The molecule has 1 N–H and O–H groups in total. The maximum Gasteiger partial charge on any atom is 0.173 e. The summed E-state index contributed by atoms with van der Waals surface area (Å²) < 4.78 is 15.4. The number of halogens is 1. The Morgan fingerprint density at radius 3 is 3.18 bits per heavy atom. The van der Waals surface area contributed by atoms with E-state index in [4.69, 9.17) is 0 Å². The van der Waals surface area contributed by atoms with Crippen LogP contribution >= 0.6 is 0 Å². The highest BCUT2D eigenvalue weighted by molar-refractivity contribution is 5.44. The number of aryl methyl sites for hydroxylation is 1. The molecular formula is C13H16FN3. The van der Waals surface area contributed by atoms with E-state index in [1.54, 1.807) is 6.07 Å². The molecule has 1 atom stereocenters. The predicted octanol–water partition coefficient (Wildman–Crippen LogP) is 2.08. The molecule has 3 heterocycles. The van der Waals surface area contributed by atoms with Crippen molar-refractivity contribution in [2.45, 2.75) is 32.2 Å². The van der Waals surface area contributed by atoms with Crippen LogP contribution in [0.15, 0.2) is 18.3 Å². The number of imidazole rings is 1. The number of pyridine rings is 1. The molecule has 0 radical (unpaired) electrons. The smallest absolute Gasteiger partial charge is 0.173 e. The first-order valence-electron chi connectivity index (χ1n) is 6.11. The molecule has 1 saturated heterocycles. The van der Waals surface area contributed by atoms with Gasteiger partial charge in [-0.15, -0.1) is 0 Å². The van der Waals surface area contributed by atoms with Gasteiger partial charge in [0.25, 0.3) is 0 Å². The van der Waals surface area contributed by atoms with E-state index in [1.807, 2.05) is 17.5 Å². The largest absolute Gasteiger partial charge is 0.314 e. The van der Waals surface area contributed by atoms with Crippen molar-refractivity contribution in [2.75, 3.05) is 6.54 Å². The normalized spacial score (nSPS) is 20.2. The van der Waals surface area contributed by atoms with Gasteiger partial charge >= 0.3 is 0 Å². The topological polar surface area (TPSA) is 29.3 Å². The Hall–Kier alpha value is -1.42. The van der Waals surface area contributed by atoms with Gasteiger partial charge < -0.3 is 9.72 Å². The van der Waals surface area contributed by atoms with Crippen LogP contribution in [0.2, 0.25) is 0 Å². The molecule has 1 fully saturated rings. The van der Waals surface area contributed by atoms with E-state index in [2.05, 4.69) is 10.3 Å². The van der Waals surface area contributed by atoms with Crippen LogP contribution in [0.1, 0.15) is 24.2 Å². The second kappa shape index (κ2) is 4.11. The van der Waals surface area contributed by atoms with Gasteiger partial charge in [0.2, 0.25) is 0 Å². The molecule has 1 unspecified atom stereocenters. The Balaban J connectivity index is 1.99. The average Bonchev–Trinajstić information content (AvgIpc) is 2.92. The Kier molecular flexibility index (Phi) is 2.59. The lowest BCUT2D eigenvalue weighted by atomic mass is 10.1. The SMILES string of the molecule is Cc1c(CC2CCCN2)nc2c(F)cccn12. The molecule has 3 nitrogen and oxygen atoms in total. The number of rotatable bonds is 2. The van der Waals surface area contributed by atoms with Gasteiger partial charge in [-0.3, -0.25) is 0 Å². The summed E-state index contributed by atoms with van der Waals surface area (Å²) in [5, 5.41) is 3.45. The van der Waals surface area contributed by atoms with E-state index in [-0.39, 0.29) is 5.82 Å². The summed E-state index contributed by atoms with van der Waals surface area (Å²) in [5.41, 5.74) is 2.50. The minimum Gasteiger partial charge on any atom is -0.314 e. The lowest BCUT2D eigenvalue weighted by Crippen LogP contribution is -2.24. The van der Waals surface area contributed by atoms with Crippen molar-refractivity contribution in [3.63, 3.8) is 0 Å². The van der Waals surface area contributed by atoms with E-state index in [0.717, 1.165) is 24.4 Å². The molecule has 0 amide bonds. The quantitative estimate of drug-likeness (QED) is 0.860. The summed E-state index contributed by atoms with van der Waals surface area (Å²) >= 11 is 0. The molecule has 90 valence electrons. The Labute approximate surface area is 99.7 Å². The standard InChI is InChI=1S/C13H16FN3/c1-9-12(8-10-4-2-6-15-10)16-13-11(14)5-3-7-17(9)13/h3,5,7,10,15H,2,4,6,8H2,1H3. The van der Waals surface area contributed by atoms with Crippen molar-refractivity contribution in [3.8, 4) is 0 Å².